The Labute approximate surface area is 162 Å². The summed E-state index contributed by atoms with van der Waals surface area (Å²) in [5.41, 5.74) is 0.699. The van der Waals surface area contributed by atoms with Gasteiger partial charge in [0.2, 0.25) is 0 Å². The minimum absolute atomic E-state index is 0.000663. The van der Waals surface area contributed by atoms with Gasteiger partial charge in [0.1, 0.15) is 17.0 Å². The molecule has 0 saturated carbocycles. The summed E-state index contributed by atoms with van der Waals surface area (Å²) in [7, 11) is 2.12. The number of nitrogens with zero attached hydrogens (tertiary/aromatic N) is 3. The summed E-state index contributed by atoms with van der Waals surface area (Å²) < 4.78 is 5.22. The fourth-order valence-corrected chi connectivity index (χ4v) is 3.24. The molecule has 0 atom stereocenters. The van der Waals surface area contributed by atoms with Crippen LogP contribution in [0.5, 0.6) is 0 Å². The van der Waals surface area contributed by atoms with Crippen LogP contribution in [0.1, 0.15) is 15.9 Å². The van der Waals surface area contributed by atoms with E-state index in [1.165, 1.54) is 0 Å². The van der Waals surface area contributed by atoms with Crippen LogP contribution in [0.15, 0.2) is 57.9 Å². The van der Waals surface area contributed by atoms with Crippen molar-refractivity contribution in [3.63, 3.8) is 0 Å². The number of rotatable bonds is 4. The van der Waals surface area contributed by atoms with E-state index in [2.05, 4.69) is 27.1 Å². The van der Waals surface area contributed by atoms with Gasteiger partial charge >= 0.3 is 5.63 Å². The molecule has 2 aromatic heterocycles. The van der Waals surface area contributed by atoms with Gasteiger partial charge in [-0.05, 0) is 30.8 Å². The molecule has 1 aromatic carbocycles. The minimum atomic E-state index is -0.639. The Morgan fingerprint density at radius 2 is 1.93 bits per heavy atom. The van der Waals surface area contributed by atoms with Gasteiger partial charge in [-0.2, -0.15) is 0 Å². The Morgan fingerprint density at radius 3 is 2.68 bits per heavy atom. The fraction of sp³-hybridized carbons (Fsp3) is 0.286. The van der Waals surface area contributed by atoms with Crippen LogP contribution in [0.25, 0.3) is 11.0 Å². The molecule has 0 spiro atoms. The Bertz CT molecular complexity index is 1040. The molecule has 28 heavy (non-hydrogen) atoms. The van der Waals surface area contributed by atoms with E-state index in [1.54, 1.807) is 30.5 Å². The summed E-state index contributed by atoms with van der Waals surface area (Å²) >= 11 is 0. The van der Waals surface area contributed by atoms with Crippen molar-refractivity contribution < 1.29 is 9.21 Å². The minimum Gasteiger partial charge on any atom is -0.422 e. The number of nitrogens with one attached hydrogen (secondary N) is 1. The normalized spacial score (nSPS) is 15.0. The lowest BCUT2D eigenvalue weighted by molar-refractivity contribution is 0.0947. The maximum Gasteiger partial charge on any atom is 0.349 e. The molecule has 1 N–H and O–H groups in total. The molecule has 1 aliphatic heterocycles. The number of para-hydroxylation sites is 1. The number of hydrogen-bond acceptors (Lipinski definition) is 6. The van der Waals surface area contributed by atoms with Gasteiger partial charge in [0.15, 0.2) is 0 Å². The van der Waals surface area contributed by atoms with Crippen LogP contribution in [0.4, 0.5) is 5.82 Å². The van der Waals surface area contributed by atoms with Crippen molar-refractivity contribution in [2.24, 2.45) is 0 Å². The van der Waals surface area contributed by atoms with E-state index in [9.17, 15) is 9.59 Å². The standard InChI is InChI=1S/C21H22N4O3/c1-24-8-10-25(11-9-24)19-7-6-15(13-22-19)14-23-20(26)17-12-16-4-2-3-5-18(16)28-21(17)27/h2-7,12-13H,8-11,14H2,1H3,(H,23,26). The number of carbonyl (C=O) groups excluding carboxylic acids is 1. The zero-order valence-electron chi connectivity index (χ0n) is 15.7. The molecule has 7 heteroatoms. The highest BCUT2D eigenvalue weighted by molar-refractivity contribution is 5.96. The van der Waals surface area contributed by atoms with Gasteiger partial charge in [-0.25, -0.2) is 9.78 Å². The van der Waals surface area contributed by atoms with Crippen molar-refractivity contribution in [3.05, 3.63) is 70.2 Å². The van der Waals surface area contributed by atoms with Gasteiger partial charge < -0.3 is 19.5 Å². The molecule has 0 unspecified atom stereocenters. The summed E-state index contributed by atoms with van der Waals surface area (Å²) in [5.74, 6) is 0.487. The Kier molecular flexibility index (Phi) is 5.08. The lowest BCUT2D eigenvalue weighted by Gasteiger charge is -2.33. The average molecular weight is 378 g/mol. The number of amides is 1. The number of benzene rings is 1. The summed E-state index contributed by atoms with van der Waals surface area (Å²) in [6, 6.07) is 12.6. The van der Waals surface area contributed by atoms with Gasteiger partial charge in [-0.15, -0.1) is 0 Å². The van der Waals surface area contributed by atoms with Crippen LogP contribution in [0.3, 0.4) is 0 Å². The SMILES string of the molecule is CN1CCN(c2ccc(CNC(=O)c3cc4ccccc4oc3=O)cn2)CC1. The first-order chi connectivity index (χ1) is 13.6. The fourth-order valence-electron chi connectivity index (χ4n) is 3.24. The first-order valence-corrected chi connectivity index (χ1v) is 9.30. The number of aromatic nitrogens is 1. The number of hydrogen-bond donors (Lipinski definition) is 1. The van der Waals surface area contributed by atoms with Gasteiger partial charge in [0.05, 0.1) is 0 Å². The number of likely N-dealkylation sites (N-methyl/N-ethyl adjacent to an activating group) is 1. The Hall–Kier alpha value is -3.19. The zero-order chi connectivity index (χ0) is 19.5. The maximum absolute atomic E-state index is 12.4. The predicted molar refractivity (Wildman–Crippen MR) is 108 cm³/mol. The van der Waals surface area contributed by atoms with Crippen LogP contribution in [0.2, 0.25) is 0 Å². The number of carbonyl (C=O) groups is 1. The molecule has 3 aromatic rings. The monoisotopic (exact) mass is 378 g/mol. The lowest BCUT2D eigenvalue weighted by Crippen LogP contribution is -2.44. The van der Waals surface area contributed by atoms with E-state index in [1.807, 2.05) is 18.2 Å². The quantitative estimate of drug-likeness (QED) is 0.699. The molecule has 1 fully saturated rings. The third-order valence-corrected chi connectivity index (χ3v) is 4.98. The molecule has 0 aliphatic carbocycles. The summed E-state index contributed by atoms with van der Waals surface area (Å²) in [6.45, 7) is 4.25. The second-order valence-electron chi connectivity index (χ2n) is 6.98. The average Bonchev–Trinajstić information content (AvgIpc) is 2.72. The van der Waals surface area contributed by atoms with Gasteiger partial charge in [-0.1, -0.05) is 24.3 Å². The number of pyridine rings is 1. The molecule has 1 amide bonds. The maximum atomic E-state index is 12.4. The lowest BCUT2D eigenvalue weighted by atomic mass is 10.1. The van der Waals surface area contributed by atoms with Gasteiger partial charge in [-0.3, -0.25) is 4.79 Å². The van der Waals surface area contributed by atoms with Crippen LogP contribution < -0.4 is 15.8 Å². The molecular formula is C21H22N4O3. The van der Waals surface area contributed by atoms with Crippen LogP contribution >= 0.6 is 0 Å². The number of fused-ring (bicyclic) bond motifs is 1. The van der Waals surface area contributed by atoms with Gasteiger partial charge in [0, 0.05) is 44.3 Å². The predicted octanol–water partition coefficient (Wildman–Crippen LogP) is 1.87. The van der Waals surface area contributed by atoms with E-state index in [4.69, 9.17) is 4.42 Å². The molecule has 1 aliphatic rings. The van der Waals surface area contributed by atoms with Crippen molar-refractivity contribution in [2.45, 2.75) is 6.54 Å². The smallest absolute Gasteiger partial charge is 0.349 e. The van der Waals surface area contributed by atoms with Gasteiger partial charge in [0.25, 0.3) is 5.91 Å². The van der Waals surface area contributed by atoms with Crippen LogP contribution in [-0.4, -0.2) is 49.0 Å². The summed E-state index contributed by atoms with van der Waals surface area (Å²) in [5, 5.41) is 3.48. The van der Waals surface area contributed by atoms with Crippen molar-refractivity contribution in [1.82, 2.24) is 15.2 Å². The second-order valence-corrected chi connectivity index (χ2v) is 6.98. The topological polar surface area (TPSA) is 78.7 Å². The molecule has 144 valence electrons. The van der Waals surface area contributed by atoms with E-state index in [0.717, 1.165) is 37.6 Å². The molecule has 1 saturated heterocycles. The van der Waals surface area contributed by atoms with E-state index in [0.29, 0.717) is 17.5 Å². The Morgan fingerprint density at radius 1 is 1.14 bits per heavy atom. The number of piperazine rings is 1. The van der Waals surface area contributed by atoms with Crippen molar-refractivity contribution in [1.29, 1.82) is 0 Å². The first kappa shape index (κ1) is 18.2. The highest BCUT2D eigenvalue weighted by atomic mass is 16.4. The van der Waals surface area contributed by atoms with Crippen LogP contribution in [-0.2, 0) is 6.54 Å². The van der Waals surface area contributed by atoms with E-state index in [-0.39, 0.29) is 5.56 Å². The van der Waals surface area contributed by atoms with Crippen molar-refractivity contribution >= 4 is 22.7 Å². The highest BCUT2D eigenvalue weighted by Crippen LogP contribution is 2.14. The molecule has 4 rings (SSSR count). The molecule has 3 heterocycles. The first-order valence-electron chi connectivity index (χ1n) is 9.30. The zero-order valence-corrected chi connectivity index (χ0v) is 15.7. The van der Waals surface area contributed by atoms with Crippen molar-refractivity contribution in [3.8, 4) is 0 Å². The molecule has 7 nitrogen and oxygen atoms in total. The largest absolute Gasteiger partial charge is 0.422 e. The third kappa shape index (κ3) is 3.89. The molecular weight excluding hydrogens is 356 g/mol. The summed E-state index contributed by atoms with van der Waals surface area (Å²) in [6.07, 6.45) is 1.76. The van der Waals surface area contributed by atoms with E-state index >= 15 is 0 Å². The Balaban J connectivity index is 1.41. The molecule has 0 bridgehead atoms. The van der Waals surface area contributed by atoms with E-state index < -0.39 is 11.5 Å². The highest BCUT2D eigenvalue weighted by Gasteiger charge is 2.16. The van der Waals surface area contributed by atoms with Crippen LogP contribution in [0, 0.1) is 0 Å². The third-order valence-electron chi connectivity index (χ3n) is 4.98. The molecule has 0 radical (unpaired) electrons. The summed E-state index contributed by atoms with van der Waals surface area (Å²) in [4.78, 5) is 33.6. The second kappa shape index (κ2) is 7.82. The van der Waals surface area contributed by atoms with Crippen molar-refractivity contribution in [2.75, 3.05) is 38.1 Å². The number of anilines is 1.